The molecular weight excluding hydrogens is 450 g/mol. The SMILES string of the molecule is CC(CC1CCc2c(cccc2OCC(=O)O)C1)=NOC(c1ccccc1)c1ccc(Cl)cc1. The molecule has 0 spiro atoms. The number of aliphatic carboxylic acids is 1. The highest BCUT2D eigenvalue weighted by molar-refractivity contribution is 6.30. The molecule has 176 valence electrons. The quantitative estimate of drug-likeness (QED) is 0.283. The molecule has 0 radical (unpaired) electrons. The molecule has 3 aromatic rings. The molecule has 3 aromatic carbocycles. The van der Waals surface area contributed by atoms with Gasteiger partial charge in [-0.05, 0) is 79.0 Å². The van der Waals surface area contributed by atoms with Gasteiger partial charge in [0.05, 0.1) is 5.71 Å². The number of ether oxygens (including phenoxy) is 1. The standard InChI is InChI=1S/C28H28ClNO4/c1-19(16-20-10-15-25-23(17-20)8-5-9-26(25)33-18-27(31)32)30-34-28(21-6-3-2-4-7-21)22-11-13-24(29)14-12-22/h2-9,11-14,20,28H,10,15-18H2,1H3,(H,31,32). The Hall–Kier alpha value is -3.31. The molecule has 1 N–H and O–H groups in total. The van der Waals surface area contributed by atoms with E-state index in [1.54, 1.807) is 0 Å². The number of nitrogens with zero attached hydrogens (tertiary/aromatic N) is 1. The van der Waals surface area contributed by atoms with Crippen LogP contribution in [0.3, 0.4) is 0 Å². The molecule has 0 amide bonds. The van der Waals surface area contributed by atoms with Crippen molar-refractivity contribution < 1.29 is 19.5 Å². The summed E-state index contributed by atoms with van der Waals surface area (Å²) in [7, 11) is 0. The monoisotopic (exact) mass is 477 g/mol. The first-order valence-electron chi connectivity index (χ1n) is 11.4. The van der Waals surface area contributed by atoms with Gasteiger partial charge in [0.25, 0.3) is 0 Å². The highest BCUT2D eigenvalue weighted by Crippen LogP contribution is 2.34. The number of halogens is 1. The lowest BCUT2D eigenvalue weighted by atomic mass is 9.81. The average molecular weight is 478 g/mol. The number of oxime groups is 1. The van der Waals surface area contributed by atoms with E-state index in [0.29, 0.717) is 16.7 Å². The molecule has 0 saturated carbocycles. The van der Waals surface area contributed by atoms with Gasteiger partial charge in [-0.1, -0.05) is 71.4 Å². The van der Waals surface area contributed by atoms with Gasteiger partial charge >= 0.3 is 5.97 Å². The second-order valence-corrected chi connectivity index (χ2v) is 9.10. The predicted octanol–water partition coefficient (Wildman–Crippen LogP) is 6.48. The summed E-state index contributed by atoms with van der Waals surface area (Å²) in [6.45, 7) is 1.69. The fraction of sp³-hybridized carbons (Fsp3) is 0.286. The lowest BCUT2D eigenvalue weighted by Gasteiger charge is -2.26. The second-order valence-electron chi connectivity index (χ2n) is 8.66. The van der Waals surface area contributed by atoms with Crippen LogP contribution in [-0.2, 0) is 22.5 Å². The number of hydrogen-bond donors (Lipinski definition) is 1. The zero-order valence-electron chi connectivity index (χ0n) is 19.1. The van der Waals surface area contributed by atoms with Gasteiger partial charge in [0.15, 0.2) is 12.7 Å². The third kappa shape index (κ3) is 6.17. The van der Waals surface area contributed by atoms with Gasteiger partial charge < -0.3 is 14.7 Å². The summed E-state index contributed by atoms with van der Waals surface area (Å²) < 4.78 is 5.49. The number of rotatable bonds is 9. The van der Waals surface area contributed by atoms with Gasteiger partial charge in [-0.15, -0.1) is 0 Å². The van der Waals surface area contributed by atoms with Crippen LogP contribution in [0.2, 0.25) is 5.02 Å². The third-order valence-corrected chi connectivity index (χ3v) is 6.32. The molecule has 2 unspecified atom stereocenters. The first-order valence-corrected chi connectivity index (χ1v) is 11.8. The first kappa shape index (κ1) is 23.8. The lowest BCUT2D eigenvalue weighted by molar-refractivity contribution is -0.139. The number of carboxylic acid groups (broad SMARTS) is 1. The molecule has 2 atom stereocenters. The van der Waals surface area contributed by atoms with Crippen LogP contribution in [0.15, 0.2) is 78.0 Å². The van der Waals surface area contributed by atoms with Crippen molar-refractivity contribution in [1.29, 1.82) is 0 Å². The summed E-state index contributed by atoms with van der Waals surface area (Å²) in [5.41, 5.74) is 5.31. The number of fused-ring (bicyclic) bond motifs is 1. The topological polar surface area (TPSA) is 68.1 Å². The summed E-state index contributed by atoms with van der Waals surface area (Å²) in [6.07, 6.45) is 3.29. The zero-order valence-corrected chi connectivity index (χ0v) is 19.9. The van der Waals surface area contributed by atoms with Crippen molar-refractivity contribution in [2.75, 3.05) is 6.61 Å². The molecule has 1 aliphatic rings. The van der Waals surface area contributed by atoms with Crippen LogP contribution < -0.4 is 4.74 Å². The molecular formula is C28H28ClNO4. The summed E-state index contributed by atoms with van der Waals surface area (Å²) in [5, 5.41) is 14.1. The van der Waals surface area contributed by atoms with Gasteiger partial charge in [-0.2, -0.15) is 0 Å². The van der Waals surface area contributed by atoms with Crippen molar-refractivity contribution in [1.82, 2.24) is 0 Å². The van der Waals surface area contributed by atoms with E-state index < -0.39 is 5.97 Å². The fourth-order valence-electron chi connectivity index (χ4n) is 4.47. The van der Waals surface area contributed by atoms with Crippen molar-refractivity contribution in [3.63, 3.8) is 0 Å². The van der Waals surface area contributed by atoms with Crippen LogP contribution in [0.5, 0.6) is 5.75 Å². The van der Waals surface area contributed by atoms with Gasteiger partial charge in [0, 0.05) is 5.02 Å². The summed E-state index contributed by atoms with van der Waals surface area (Å²) >= 11 is 6.07. The Labute approximate surface area is 205 Å². The fourth-order valence-corrected chi connectivity index (χ4v) is 4.60. The Morgan fingerprint density at radius 3 is 2.53 bits per heavy atom. The minimum absolute atomic E-state index is 0.311. The number of carboxylic acids is 1. The molecule has 5 nitrogen and oxygen atoms in total. The Morgan fingerprint density at radius 1 is 1.06 bits per heavy atom. The number of hydrogen-bond acceptors (Lipinski definition) is 4. The van der Waals surface area contributed by atoms with E-state index in [9.17, 15) is 4.79 Å². The minimum Gasteiger partial charge on any atom is -0.482 e. The Bertz CT molecular complexity index is 1140. The van der Waals surface area contributed by atoms with Crippen LogP contribution >= 0.6 is 11.6 Å². The summed E-state index contributed by atoms with van der Waals surface area (Å²) in [5.74, 6) is 0.159. The smallest absolute Gasteiger partial charge is 0.341 e. The van der Waals surface area contributed by atoms with E-state index in [2.05, 4.69) is 11.2 Å². The van der Waals surface area contributed by atoms with Gasteiger partial charge in [0.1, 0.15) is 5.75 Å². The summed E-state index contributed by atoms with van der Waals surface area (Å²) in [4.78, 5) is 16.9. The molecule has 0 saturated heterocycles. The Balaban J connectivity index is 1.43. The van der Waals surface area contributed by atoms with Gasteiger partial charge in [-0.25, -0.2) is 4.79 Å². The molecule has 4 rings (SSSR count). The number of carbonyl (C=O) groups is 1. The van der Waals surface area contributed by atoms with E-state index in [4.69, 9.17) is 26.3 Å². The van der Waals surface area contributed by atoms with Crippen molar-refractivity contribution >= 4 is 23.3 Å². The molecule has 0 bridgehead atoms. The van der Waals surface area contributed by atoms with Crippen LogP contribution in [0, 0.1) is 5.92 Å². The molecule has 0 aliphatic heterocycles. The highest BCUT2D eigenvalue weighted by atomic mass is 35.5. The van der Waals surface area contributed by atoms with Gasteiger partial charge in [0.2, 0.25) is 0 Å². The van der Waals surface area contributed by atoms with Crippen LogP contribution in [-0.4, -0.2) is 23.4 Å². The molecule has 34 heavy (non-hydrogen) atoms. The first-order chi connectivity index (χ1) is 16.5. The number of benzene rings is 3. The molecule has 0 aromatic heterocycles. The lowest BCUT2D eigenvalue weighted by Crippen LogP contribution is -2.19. The van der Waals surface area contributed by atoms with Crippen LogP contribution in [0.1, 0.15) is 48.1 Å². The van der Waals surface area contributed by atoms with Crippen molar-refractivity contribution in [3.05, 3.63) is 100 Å². The zero-order chi connectivity index (χ0) is 23.9. The predicted molar refractivity (Wildman–Crippen MR) is 134 cm³/mol. The maximum atomic E-state index is 10.9. The van der Waals surface area contributed by atoms with Crippen molar-refractivity contribution in [3.8, 4) is 5.75 Å². The van der Waals surface area contributed by atoms with E-state index in [-0.39, 0.29) is 12.7 Å². The van der Waals surface area contributed by atoms with Gasteiger partial charge in [-0.3, -0.25) is 0 Å². The Kier molecular flexibility index (Phi) is 7.86. The van der Waals surface area contributed by atoms with E-state index in [0.717, 1.165) is 48.1 Å². The van der Waals surface area contributed by atoms with E-state index >= 15 is 0 Å². The molecule has 6 heteroatoms. The average Bonchev–Trinajstić information content (AvgIpc) is 2.84. The second kappa shape index (κ2) is 11.2. The van der Waals surface area contributed by atoms with E-state index in [1.165, 1.54) is 5.56 Å². The summed E-state index contributed by atoms with van der Waals surface area (Å²) in [6, 6.07) is 23.6. The Morgan fingerprint density at radius 2 is 1.79 bits per heavy atom. The molecule has 0 heterocycles. The van der Waals surface area contributed by atoms with Crippen molar-refractivity contribution in [2.24, 2.45) is 11.1 Å². The maximum absolute atomic E-state index is 10.9. The molecule has 0 fully saturated rings. The van der Waals surface area contributed by atoms with Crippen LogP contribution in [0.25, 0.3) is 0 Å². The molecule has 1 aliphatic carbocycles. The largest absolute Gasteiger partial charge is 0.482 e. The van der Waals surface area contributed by atoms with Crippen LogP contribution in [0.4, 0.5) is 0 Å². The normalized spacial score (nSPS) is 16.4. The van der Waals surface area contributed by atoms with E-state index in [1.807, 2.05) is 73.7 Å². The maximum Gasteiger partial charge on any atom is 0.341 e. The third-order valence-electron chi connectivity index (χ3n) is 6.07. The minimum atomic E-state index is -0.967. The highest BCUT2D eigenvalue weighted by Gasteiger charge is 2.23. The van der Waals surface area contributed by atoms with Crippen molar-refractivity contribution in [2.45, 2.75) is 38.7 Å².